The number of aliphatic hydroxyl groups excluding tert-OH is 1. The van der Waals surface area contributed by atoms with Crippen LogP contribution in [0.25, 0.3) is 11.3 Å². The highest BCUT2D eigenvalue weighted by atomic mass is 32.2. The van der Waals surface area contributed by atoms with Gasteiger partial charge in [-0.3, -0.25) is 4.68 Å². The van der Waals surface area contributed by atoms with Crippen LogP contribution >= 0.6 is 0 Å². The van der Waals surface area contributed by atoms with Crippen molar-refractivity contribution in [3.05, 3.63) is 48.4 Å². The van der Waals surface area contributed by atoms with Gasteiger partial charge in [0.15, 0.2) is 0 Å². The number of nitriles is 1. The predicted molar refractivity (Wildman–Crippen MR) is 96.2 cm³/mol. The van der Waals surface area contributed by atoms with E-state index in [1.54, 1.807) is 12.4 Å². The second-order valence-electron chi connectivity index (χ2n) is 5.48. The van der Waals surface area contributed by atoms with Crippen molar-refractivity contribution in [2.24, 2.45) is 5.14 Å². The van der Waals surface area contributed by atoms with Crippen LogP contribution in [0.15, 0.2) is 47.8 Å². The number of sulfonamides is 1. The topological polar surface area (TPSA) is 160 Å². The molecule has 0 saturated heterocycles. The van der Waals surface area contributed by atoms with Crippen LogP contribution in [0.1, 0.15) is 5.56 Å². The fraction of sp³-hybridized carbons (Fsp3) is 0.125. The first-order valence-electron chi connectivity index (χ1n) is 7.71. The molecule has 10 nitrogen and oxygen atoms in total. The van der Waals surface area contributed by atoms with Crippen molar-refractivity contribution in [1.29, 1.82) is 5.26 Å². The number of nitrogens with zero attached hydrogens (tertiary/aromatic N) is 5. The van der Waals surface area contributed by atoms with E-state index in [-0.39, 0.29) is 23.0 Å². The van der Waals surface area contributed by atoms with Gasteiger partial charge in [0.2, 0.25) is 16.0 Å². The molecule has 0 aliphatic heterocycles. The molecule has 138 valence electrons. The van der Waals surface area contributed by atoms with Crippen LogP contribution in [0.3, 0.4) is 0 Å². The van der Waals surface area contributed by atoms with Crippen LogP contribution in [-0.2, 0) is 16.6 Å². The number of nitrogens with two attached hydrogens (primary N) is 1. The Labute approximate surface area is 155 Å². The second-order valence-corrected chi connectivity index (χ2v) is 7.04. The SMILES string of the molecule is N#Cc1cnc(Nc2ccc(S(N)(=O)=O)cc2)nc1-c1cnn(CCO)c1. The molecule has 1 aromatic carbocycles. The number of rotatable bonds is 6. The molecule has 0 atom stereocenters. The van der Waals surface area contributed by atoms with Crippen molar-refractivity contribution in [2.45, 2.75) is 11.4 Å². The highest BCUT2D eigenvalue weighted by Crippen LogP contribution is 2.23. The molecule has 0 amide bonds. The van der Waals surface area contributed by atoms with E-state index in [2.05, 4.69) is 20.4 Å². The summed E-state index contributed by atoms with van der Waals surface area (Å²) in [4.78, 5) is 8.43. The van der Waals surface area contributed by atoms with Gasteiger partial charge in [-0.2, -0.15) is 10.4 Å². The van der Waals surface area contributed by atoms with Crippen LogP contribution in [-0.4, -0.2) is 39.9 Å². The van der Waals surface area contributed by atoms with Crippen LogP contribution in [0.5, 0.6) is 0 Å². The lowest BCUT2D eigenvalue weighted by atomic mass is 10.1. The lowest BCUT2D eigenvalue weighted by molar-refractivity contribution is 0.269. The van der Waals surface area contributed by atoms with E-state index in [9.17, 15) is 13.7 Å². The molecular weight excluding hydrogens is 370 g/mol. The maximum absolute atomic E-state index is 11.3. The Hall–Kier alpha value is -3.33. The molecule has 2 aromatic heterocycles. The van der Waals surface area contributed by atoms with E-state index >= 15 is 0 Å². The molecule has 11 heteroatoms. The van der Waals surface area contributed by atoms with Gasteiger partial charge in [0, 0.05) is 17.4 Å². The van der Waals surface area contributed by atoms with Gasteiger partial charge >= 0.3 is 0 Å². The Morgan fingerprint density at radius 1 is 1.26 bits per heavy atom. The van der Waals surface area contributed by atoms with Gasteiger partial charge < -0.3 is 10.4 Å². The summed E-state index contributed by atoms with van der Waals surface area (Å²) in [6.45, 7) is 0.270. The predicted octanol–water partition coefficient (Wildman–Crippen LogP) is 0.595. The summed E-state index contributed by atoms with van der Waals surface area (Å²) in [6.07, 6.45) is 4.60. The van der Waals surface area contributed by atoms with Gasteiger partial charge in [-0.15, -0.1) is 0 Å². The number of aromatic nitrogens is 4. The Morgan fingerprint density at radius 3 is 2.63 bits per heavy atom. The minimum Gasteiger partial charge on any atom is -0.394 e. The molecule has 2 heterocycles. The minimum atomic E-state index is -3.77. The number of primary sulfonamides is 1. The number of hydrogen-bond donors (Lipinski definition) is 3. The summed E-state index contributed by atoms with van der Waals surface area (Å²) < 4.78 is 24.1. The Kier molecular flexibility index (Phi) is 5.13. The number of benzene rings is 1. The number of nitrogens with one attached hydrogen (secondary N) is 1. The van der Waals surface area contributed by atoms with Gasteiger partial charge in [0.1, 0.15) is 6.07 Å². The quantitative estimate of drug-likeness (QED) is 0.556. The smallest absolute Gasteiger partial charge is 0.238 e. The van der Waals surface area contributed by atoms with E-state index in [0.717, 1.165) is 0 Å². The fourth-order valence-corrected chi connectivity index (χ4v) is 2.83. The van der Waals surface area contributed by atoms with E-state index in [4.69, 9.17) is 10.2 Å². The summed E-state index contributed by atoms with van der Waals surface area (Å²) in [6, 6.07) is 7.81. The van der Waals surface area contributed by atoms with E-state index in [1.807, 2.05) is 6.07 Å². The maximum Gasteiger partial charge on any atom is 0.238 e. The fourth-order valence-electron chi connectivity index (χ4n) is 2.31. The Morgan fingerprint density at radius 2 is 2.00 bits per heavy atom. The van der Waals surface area contributed by atoms with E-state index < -0.39 is 10.0 Å². The lowest BCUT2D eigenvalue weighted by Gasteiger charge is -2.07. The molecule has 0 saturated carbocycles. The van der Waals surface area contributed by atoms with Gasteiger partial charge in [-0.1, -0.05) is 0 Å². The molecule has 0 radical (unpaired) electrons. The molecule has 0 bridgehead atoms. The summed E-state index contributed by atoms with van der Waals surface area (Å²) in [5.74, 6) is 0.224. The monoisotopic (exact) mass is 385 g/mol. The first-order chi connectivity index (χ1) is 12.9. The molecule has 0 fully saturated rings. The number of aliphatic hydroxyl groups is 1. The van der Waals surface area contributed by atoms with Crippen LogP contribution in [0, 0.1) is 11.3 Å². The molecule has 3 rings (SSSR count). The van der Waals surface area contributed by atoms with Crippen LogP contribution in [0.2, 0.25) is 0 Å². The van der Waals surface area contributed by atoms with Gasteiger partial charge in [0.05, 0.1) is 41.7 Å². The van der Waals surface area contributed by atoms with Crippen molar-refractivity contribution < 1.29 is 13.5 Å². The van der Waals surface area contributed by atoms with Crippen molar-refractivity contribution in [3.8, 4) is 17.3 Å². The average Bonchev–Trinajstić information content (AvgIpc) is 3.10. The van der Waals surface area contributed by atoms with E-state index in [1.165, 1.54) is 35.1 Å². The van der Waals surface area contributed by atoms with Crippen LogP contribution < -0.4 is 10.5 Å². The molecule has 0 aliphatic carbocycles. The Balaban J connectivity index is 1.90. The maximum atomic E-state index is 11.3. The number of hydrogen-bond acceptors (Lipinski definition) is 8. The zero-order valence-electron chi connectivity index (χ0n) is 13.9. The third-order valence-corrected chi connectivity index (χ3v) is 4.51. The molecule has 4 N–H and O–H groups in total. The molecule has 0 aliphatic rings. The van der Waals surface area contributed by atoms with Crippen molar-refractivity contribution >= 4 is 21.7 Å². The van der Waals surface area contributed by atoms with Gasteiger partial charge in [-0.05, 0) is 24.3 Å². The average molecular weight is 385 g/mol. The van der Waals surface area contributed by atoms with E-state index in [0.29, 0.717) is 23.5 Å². The highest BCUT2D eigenvalue weighted by Gasteiger charge is 2.12. The lowest BCUT2D eigenvalue weighted by Crippen LogP contribution is -2.11. The third-order valence-electron chi connectivity index (χ3n) is 3.58. The highest BCUT2D eigenvalue weighted by molar-refractivity contribution is 7.89. The molecule has 0 spiro atoms. The largest absolute Gasteiger partial charge is 0.394 e. The summed E-state index contributed by atoms with van der Waals surface area (Å²) >= 11 is 0. The second kappa shape index (κ2) is 7.50. The van der Waals surface area contributed by atoms with Crippen molar-refractivity contribution in [3.63, 3.8) is 0 Å². The molecular formula is C16H15N7O3S. The molecule has 0 unspecified atom stereocenters. The standard InChI is InChI=1S/C16H15N7O3S/c17-7-11-8-19-16(21-13-1-3-14(4-2-13)27(18,25)26)22-15(11)12-9-20-23(10-12)5-6-24/h1-4,8-10,24H,5-6H2,(H2,18,25,26)(H,19,21,22). The number of anilines is 2. The molecule has 3 aromatic rings. The summed E-state index contributed by atoms with van der Waals surface area (Å²) in [7, 11) is -3.77. The van der Waals surface area contributed by atoms with Crippen molar-refractivity contribution in [1.82, 2.24) is 19.7 Å². The van der Waals surface area contributed by atoms with Gasteiger partial charge in [-0.25, -0.2) is 23.5 Å². The summed E-state index contributed by atoms with van der Waals surface area (Å²) in [5.41, 5.74) is 1.82. The van der Waals surface area contributed by atoms with Crippen LogP contribution in [0.4, 0.5) is 11.6 Å². The zero-order chi connectivity index (χ0) is 19.4. The normalized spacial score (nSPS) is 11.1. The van der Waals surface area contributed by atoms with Gasteiger partial charge in [0.25, 0.3) is 0 Å². The minimum absolute atomic E-state index is 0.00853. The zero-order valence-corrected chi connectivity index (χ0v) is 14.8. The third kappa shape index (κ3) is 4.26. The first kappa shape index (κ1) is 18.5. The first-order valence-corrected chi connectivity index (χ1v) is 9.26. The molecule has 27 heavy (non-hydrogen) atoms. The Bertz CT molecular complexity index is 1100. The van der Waals surface area contributed by atoms with Crippen molar-refractivity contribution in [2.75, 3.05) is 11.9 Å². The summed E-state index contributed by atoms with van der Waals surface area (Å²) in [5, 5.41) is 30.4.